The van der Waals surface area contributed by atoms with Gasteiger partial charge in [0.1, 0.15) is 5.82 Å². The molecule has 4 heteroatoms. The van der Waals surface area contributed by atoms with Crippen molar-refractivity contribution in [3.05, 3.63) is 30.5 Å². The van der Waals surface area contributed by atoms with Gasteiger partial charge >= 0.3 is 0 Å². The number of aromatic nitrogens is 1. The Kier molecular flexibility index (Phi) is 3.39. The zero-order valence-corrected chi connectivity index (χ0v) is 12.3. The van der Waals surface area contributed by atoms with Gasteiger partial charge in [0, 0.05) is 42.9 Å². The normalized spacial score (nSPS) is 19.5. The highest BCUT2D eigenvalue weighted by Gasteiger charge is 2.21. The van der Waals surface area contributed by atoms with Crippen molar-refractivity contribution in [3.8, 4) is 0 Å². The summed E-state index contributed by atoms with van der Waals surface area (Å²) in [4.78, 5) is 7.07. The van der Waals surface area contributed by atoms with Crippen LogP contribution in [0.5, 0.6) is 0 Å². The molecule has 0 amide bonds. The lowest BCUT2D eigenvalue weighted by Crippen LogP contribution is -2.28. The fourth-order valence-electron chi connectivity index (χ4n) is 3.02. The maximum Gasteiger partial charge on any atom is 0.136 e. The molecule has 1 aromatic heterocycles. The largest absolute Gasteiger partial charge is 0.382 e. The third kappa shape index (κ3) is 2.81. The molecular formula is C17H22N4. The van der Waals surface area contributed by atoms with Crippen LogP contribution in [0.15, 0.2) is 30.5 Å². The zero-order chi connectivity index (χ0) is 14.1. The van der Waals surface area contributed by atoms with Crippen molar-refractivity contribution in [1.29, 1.82) is 0 Å². The van der Waals surface area contributed by atoms with E-state index in [1.165, 1.54) is 35.7 Å². The monoisotopic (exact) mass is 282 g/mol. The molecule has 1 aliphatic carbocycles. The minimum absolute atomic E-state index is 0.695. The number of hydrogen-bond donors (Lipinski definition) is 2. The van der Waals surface area contributed by atoms with Crippen LogP contribution in [-0.4, -0.2) is 37.2 Å². The van der Waals surface area contributed by atoms with Crippen molar-refractivity contribution in [2.24, 2.45) is 0 Å². The first kappa shape index (κ1) is 12.9. The first-order valence-corrected chi connectivity index (χ1v) is 8.01. The van der Waals surface area contributed by atoms with Gasteiger partial charge in [0.2, 0.25) is 0 Å². The van der Waals surface area contributed by atoms with Crippen LogP contribution in [0.2, 0.25) is 0 Å². The lowest BCUT2D eigenvalue weighted by molar-refractivity contribution is 0.724. The summed E-state index contributed by atoms with van der Waals surface area (Å²) in [6.45, 7) is 4.27. The van der Waals surface area contributed by atoms with Crippen molar-refractivity contribution >= 4 is 22.3 Å². The smallest absolute Gasteiger partial charge is 0.136 e. The van der Waals surface area contributed by atoms with Gasteiger partial charge in [-0.15, -0.1) is 0 Å². The average Bonchev–Trinajstić information content (AvgIpc) is 3.33. The molecular weight excluding hydrogens is 260 g/mol. The second kappa shape index (κ2) is 5.53. The lowest BCUT2D eigenvalue weighted by Gasteiger charge is -2.22. The van der Waals surface area contributed by atoms with Gasteiger partial charge in [0.25, 0.3) is 0 Å². The van der Waals surface area contributed by atoms with Gasteiger partial charge in [0.05, 0.1) is 0 Å². The highest BCUT2D eigenvalue weighted by Crippen LogP contribution is 2.30. The molecule has 0 atom stereocenters. The quantitative estimate of drug-likeness (QED) is 0.908. The molecule has 0 radical (unpaired) electrons. The van der Waals surface area contributed by atoms with Crippen LogP contribution in [0.4, 0.5) is 11.5 Å². The summed E-state index contributed by atoms with van der Waals surface area (Å²) in [5.41, 5.74) is 1.24. The molecule has 2 aromatic rings. The predicted molar refractivity (Wildman–Crippen MR) is 88.1 cm³/mol. The molecule has 0 spiro atoms. The summed E-state index contributed by atoms with van der Waals surface area (Å²) >= 11 is 0. The highest BCUT2D eigenvalue weighted by molar-refractivity contribution is 5.94. The SMILES string of the molecule is c1cc2cc(NC3CC3)ccc2c(N2CCCNCC2)n1. The van der Waals surface area contributed by atoms with Gasteiger partial charge in [-0.2, -0.15) is 0 Å². The van der Waals surface area contributed by atoms with E-state index in [1.807, 2.05) is 6.20 Å². The number of anilines is 2. The van der Waals surface area contributed by atoms with E-state index in [9.17, 15) is 0 Å². The third-order valence-corrected chi connectivity index (χ3v) is 4.33. The molecule has 0 unspecified atom stereocenters. The molecule has 2 fully saturated rings. The first-order chi connectivity index (χ1) is 10.4. The van der Waals surface area contributed by atoms with E-state index in [0.29, 0.717) is 6.04 Å². The van der Waals surface area contributed by atoms with Gasteiger partial charge in [0.15, 0.2) is 0 Å². The maximum absolute atomic E-state index is 4.65. The van der Waals surface area contributed by atoms with Crippen LogP contribution in [0.25, 0.3) is 10.8 Å². The van der Waals surface area contributed by atoms with E-state index in [2.05, 4.69) is 44.8 Å². The Morgan fingerprint density at radius 2 is 2.10 bits per heavy atom. The fourth-order valence-corrected chi connectivity index (χ4v) is 3.02. The minimum atomic E-state index is 0.695. The molecule has 4 nitrogen and oxygen atoms in total. The van der Waals surface area contributed by atoms with Crippen molar-refractivity contribution in [2.75, 3.05) is 36.4 Å². The summed E-state index contributed by atoms with van der Waals surface area (Å²) in [5.74, 6) is 1.13. The summed E-state index contributed by atoms with van der Waals surface area (Å²) in [6, 6.07) is 9.49. The number of fused-ring (bicyclic) bond motifs is 1. The summed E-state index contributed by atoms with van der Waals surface area (Å²) in [5, 5.41) is 9.57. The third-order valence-electron chi connectivity index (χ3n) is 4.33. The van der Waals surface area contributed by atoms with Crippen LogP contribution >= 0.6 is 0 Å². The predicted octanol–water partition coefficient (Wildman–Crippen LogP) is 2.61. The highest BCUT2D eigenvalue weighted by atomic mass is 15.2. The van der Waals surface area contributed by atoms with E-state index < -0.39 is 0 Å². The molecule has 21 heavy (non-hydrogen) atoms. The Balaban J connectivity index is 1.67. The maximum atomic E-state index is 4.65. The van der Waals surface area contributed by atoms with Crippen LogP contribution in [0.3, 0.4) is 0 Å². The van der Waals surface area contributed by atoms with E-state index in [4.69, 9.17) is 0 Å². The number of benzene rings is 1. The molecule has 2 aliphatic rings. The van der Waals surface area contributed by atoms with E-state index in [1.54, 1.807) is 0 Å². The number of pyridine rings is 1. The second-order valence-electron chi connectivity index (χ2n) is 6.08. The Labute approximate surface area is 125 Å². The molecule has 1 saturated heterocycles. The van der Waals surface area contributed by atoms with Crippen LogP contribution in [0.1, 0.15) is 19.3 Å². The molecule has 110 valence electrons. The van der Waals surface area contributed by atoms with Gasteiger partial charge in [-0.1, -0.05) is 0 Å². The Hall–Kier alpha value is -1.81. The standard InChI is InChI=1S/C17H22N4/c1-7-18-9-11-21(10-1)17-16-5-4-15(20-14-2-3-14)12-13(16)6-8-19-17/h4-6,8,12,14,18,20H,1-3,7,9-11H2. The fraction of sp³-hybridized carbons (Fsp3) is 0.471. The van der Waals surface area contributed by atoms with Gasteiger partial charge in [-0.3, -0.25) is 0 Å². The zero-order valence-electron chi connectivity index (χ0n) is 12.3. The van der Waals surface area contributed by atoms with Gasteiger partial charge in [-0.25, -0.2) is 4.98 Å². The van der Waals surface area contributed by atoms with Gasteiger partial charge in [-0.05, 0) is 55.5 Å². The number of nitrogens with one attached hydrogen (secondary N) is 2. The number of hydrogen-bond acceptors (Lipinski definition) is 4. The van der Waals surface area contributed by atoms with Crippen LogP contribution < -0.4 is 15.5 Å². The van der Waals surface area contributed by atoms with E-state index in [-0.39, 0.29) is 0 Å². The Bertz CT molecular complexity index is 628. The Morgan fingerprint density at radius 3 is 3.00 bits per heavy atom. The second-order valence-corrected chi connectivity index (χ2v) is 6.08. The average molecular weight is 282 g/mol. The summed E-state index contributed by atoms with van der Waals surface area (Å²) in [6.07, 6.45) is 5.73. The van der Waals surface area contributed by atoms with Gasteiger partial charge < -0.3 is 15.5 Å². The van der Waals surface area contributed by atoms with Crippen molar-refractivity contribution in [2.45, 2.75) is 25.3 Å². The molecule has 1 saturated carbocycles. The first-order valence-electron chi connectivity index (χ1n) is 8.01. The minimum Gasteiger partial charge on any atom is -0.382 e. The molecule has 2 N–H and O–H groups in total. The number of rotatable bonds is 3. The van der Waals surface area contributed by atoms with E-state index in [0.717, 1.165) is 32.0 Å². The van der Waals surface area contributed by atoms with E-state index >= 15 is 0 Å². The molecule has 4 rings (SSSR count). The molecule has 1 aliphatic heterocycles. The topological polar surface area (TPSA) is 40.2 Å². The number of nitrogens with zero attached hydrogens (tertiary/aromatic N) is 2. The molecule has 0 bridgehead atoms. The Morgan fingerprint density at radius 1 is 1.14 bits per heavy atom. The van der Waals surface area contributed by atoms with Crippen molar-refractivity contribution < 1.29 is 0 Å². The van der Waals surface area contributed by atoms with Crippen molar-refractivity contribution in [3.63, 3.8) is 0 Å². The summed E-state index contributed by atoms with van der Waals surface area (Å²) < 4.78 is 0. The van der Waals surface area contributed by atoms with Crippen LogP contribution in [-0.2, 0) is 0 Å². The van der Waals surface area contributed by atoms with Crippen LogP contribution in [0, 0.1) is 0 Å². The van der Waals surface area contributed by atoms with Crippen molar-refractivity contribution in [1.82, 2.24) is 10.3 Å². The summed E-state index contributed by atoms with van der Waals surface area (Å²) in [7, 11) is 0. The lowest BCUT2D eigenvalue weighted by atomic mass is 10.1. The molecule has 1 aromatic carbocycles. The molecule has 2 heterocycles.